The van der Waals surface area contributed by atoms with E-state index < -0.39 is 0 Å². The standard InChI is InChI=1S/C14H17N3O2S/c1-10-16-13(9-20-10)7-15-11-4-3-5-12(6-11)17-14(18)8-19-2/h3-6,9,15H,7-8H2,1-2H3,(H,17,18). The molecule has 106 valence electrons. The summed E-state index contributed by atoms with van der Waals surface area (Å²) in [6.07, 6.45) is 0. The maximum Gasteiger partial charge on any atom is 0.250 e. The molecule has 20 heavy (non-hydrogen) atoms. The van der Waals surface area contributed by atoms with Crippen LogP contribution in [-0.2, 0) is 16.1 Å². The van der Waals surface area contributed by atoms with Gasteiger partial charge in [-0.3, -0.25) is 4.79 Å². The molecule has 6 heteroatoms. The predicted molar refractivity (Wildman–Crippen MR) is 81.1 cm³/mol. The van der Waals surface area contributed by atoms with Crippen molar-refractivity contribution in [3.05, 3.63) is 40.3 Å². The van der Waals surface area contributed by atoms with Crippen LogP contribution in [0.25, 0.3) is 0 Å². The van der Waals surface area contributed by atoms with Crippen LogP contribution in [0.15, 0.2) is 29.6 Å². The van der Waals surface area contributed by atoms with Crippen molar-refractivity contribution in [2.75, 3.05) is 24.4 Å². The summed E-state index contributed by atoms with van der Waals surface area (Å²) >= 11 is 1.63. The fraction of sp³-hybridized carbons (Fsp3) is 0.286. The van der Waals surface area contributed by atoms with E-state index in [0.29, 0.717) is 6.54 Å². The zero-order chi connectivity index (χ0) is 14.4. The monoisotopic (exact) mass is 291 g/mol. The number of thiazole rings is 1. The van der Waals surface area contributed by atoms with Crippen LogP contribution in [0, 0.1) is 6.92 Å². The van der Waals surface area contributed by atoms with Crippen molar-refractivity contribution < 1.29 is 9.53 Å². The molecule has 0 fully saturated rings. The Morgan fingerprint density at radius 3 is 2.90 bits per heavy atom. The molecule has 1 aromatic carbocycles. The predicted octanol–water partition coefficient (Wildman–Crippen LogP) is 2.65. The average molecular weight is 291 g/mol. The quantitative estimate of drug-likeness (QED) is 0.859. The first-order valence-electron chi connectivity index (χ1n) is 6.21. The Bertz CT molecular complexity index is 583. The molecule has 1 heterocycles. The van der Waals surface area contributed by atoms with Gasteiger partial charge in [0.1, 0.15) is 6.61 Å². The molecule has 1 amide bonds. The van der Waals surface area contributed by atoms with Crippen molar-refractivity contribution >= 4 is 28.6 Å². The number of aryl methyl sites for hydroxylation is 1. The van der Waals surface area contributed by atoms with Gasteiger partial charge in [-0.1, -0.05) is 6.07 Å². The molecule has 2 aromatic rings. The molecule has 0 atom stereocenters. The molecule has 1 aromatic heterocycles. The molecule has 2 N–H and O–H groups in total. The number of carbonyl (C=O) groups excluding carboxylic acids is 1. The number of hydrogen-bond donors (Lipinski definition) is 2. The van der Waals surface area contributed by atoms with E-state index in [2.05, 4.69) is 15.6 Å². The second-order valence-corrected chi connectivity index (χ2v) is 5.34. The molecule has 0 bridgehead atoms. The maximum atomic E-state index is 11.4. The van der Waals surface area contributed by atoms with Crippen molar-refractivity contribution in [3.63, 3.8) is 0 Å². The first-order valence-corrected chi connectivity index (χ1v) is 7.09. The lowest BCUT2D eigenvalue weighted by Gasteiger charge is -2.08. The Kier molecular flexibility index (Phi) is 5.09. The summed E-state index contributed by atoms with van der Waals surface area (Å²) in [6.45, 7) is 2.70. The van der Waals surface area contributed by atoms with Gasteiger partial charge in [0, 0.05) is 23.9 Å². The Balaban J connectivity index is 1.93. The molecule has 5 nitrogen and oxygen atoms in total. The highest BCUT2D eigenvalue weighted by molar-refractivity contribution is 7.09. The van der Waals surface area contributed by atoms with E-state index >= 15 is 0 Å². The van der Waals surface area contributed by atoms with Gasteiger partial charge in [-0.2, -0.15) is 0 Å². The first-order chi connectivity index (χ1) is 9.67. The minimum atomic E-state index is -0.167. The highest BCUT2D eigenvalue weighted by atomic mass is 32.1. The Hall–Kier alpha value is -1.92. The second-order valence-electron chi connectivity index (χ2n) is 4.27. The third kappa shape index (κ3) is 4.32. The van der Waals surface area contributed by atoms with Gasteiger partial charge in [0.15, 0.2) is 0 Å². The summed E-state index contributed by atoms with van der Waals surface area (Å²) in [6, 6.07) is 7.56. The van der Waals surface area contributed by atoms with Crippen molar-refractivity contribution in [2.24, 2.45) is 0 Å². The van der Waals surface area contributed by atoms with E-state index in [1.54, 1.807) is 11.3 Å². The Morgan fingerprint density at radius 2 is 2.20 bits per heavy atom. The van der Waals surface area contributed by atoms with Gasteiger partial charge in [-0.15, -0.1) is 11.3 Å². The van der Waals surface area contributed by atoms with Crippen LogP contribution in [-0.4, -0.2) is 24.6 Å². The number of nitrogens with one attached hydrogen (secondary N) is 2. The smallest absolute Gasteiger partial charge is 0.250 e. The third-order valence-electron chi connectivity index (χ3n) is 2.56. The lowest BCUT2D eigenvalue weighted by Crippen LogP contribution is -2.17. The highest BCUT2D eigenvalue weighted by Gasteiger charge is 2.03. The highest BCUT2D eigenvalue weighted by Crippen LogP contribution is 2.16. The molecule has 0 saturated carbocycles. The lowest BCUT2D eigenvalue weighted by molar-refractivity contribution is -0.119. The van der Waals surface area contributed by atoms with Gasteiger partial charge in [0.05, 0.1) is 17.2 Å². The number of nitrogens with zero attached hydrogens (tertiary/aromatic N) is 1. The van der Waals surface area contributed by atoms with Crippen molar-refractivity contribution in [3.8, 4) is 0 Å². The van der Waals surface area contributed by atoms with Crippen LogP contribution < -0.4 is 10.6 Å². The van der Waals surface area contributed by atoms with Gasteiger partial charge in [-0.25, -0.2) is 4.98 Å². The lowest BCUT2D eigenvalue weighted by atomic mass is 10.2. The summed E-state index contributed by atoms with van der Waals surface area (Å²) in [7, 11) is 1.49. The number of anilines is 2. The number of methoxy groups -OCH3 is 1. The van der Waals surface area contributed by atoms with Crippen molar-refractivity contribution in [1.82, 2.24) is 4.98 Å². The fourth-order valence-corrected chi connectivity index (χ4v) is 2.33. The molecular weight excluding hydrogens is 274 g/mol. The molecule has 0 radical (unpaired) electrons. The molecule has 0 aliphatic heterocycles. The van der Waals surface area contributed by atoms with E-state index in [4.69, 9.17) is 4.74 Å². The molecule has 0 aliphatic carbocycles. The van der Waals surface area contributed by atoms with E-state index in [-0.39, 0.29) is 12.5 Å². The fourth-order valence-electron chi connectivity index (χ4n) is 1.72. The summed E-state index contributed by atoms with van der Waals surface area (Å²) in [4.78, 5) is 15.8. The molecule has 0 unspecified atom stereocenters. The largest absolute Gasteiger partial charge is 0.379 e. The van der Waals surface area contributed by atoms with Crippen LogP contribution in [0.2, 0.25) is 0 Å². The van der Waals surface area contributed by atoms with Crippen LogP contribution in [0.1, 0.15) is 10.7 Å². The van der Waals surface area contributed by atoms with Crippen LogP contribution >= 0.6 is 11.3 Å². The van der Waals surface area contributed by atoms with Gasteiger partial charge in [-0.05, 0) is 25.1 Å². The third-order valence-corrected chi connectivity index (χ3v) is 3.38. The minimum absolute atomic E-state index is 0.0513. The van der Waals surface area contributed by atoms with E-state index in [0.717, 1.165) is 22.1 Å². The van der Waals surface area contributed by atoms with E-state index in [1.165, 1.54) is 7.11 Å². The van der Waals surface area contributed by atoms with Crippen LogP contribution in [0.4, 0.5) is 11.4 Å². The minimum Gasteiger partial charge on any atom is -0.379 e. The van der Waals surface area contributed by atoms with Gasteiger partial charge < -0.3 is 15.4 Å². The molecule has 0 saturated heterocycles. The van der Waals surface area contributed by atoms with Gasteiger partial charge in [0.2, 0.25) is 5.91 Å². The summed E-state index contributed by atoms with van der Waals surface area (Å²) in [5, 5.41) is 9.14. The number of amides is 1. The normalized spacial score (nSPS) is 10.3. The van der Waals surface area contributed by atoms with Crippen LogP contribution in [0.3, 0.4) is 0 Å². The van der Waals surface area contributed by atoms with Crippen molar-refractivity contribution in [1.29, 1.82) is 0 Å². The zero-order valence-electron chi connectivity index (χ0n) is 11.5. The van der Waals surface area contributed by atoms with Gasteiger partial charge in [0.25, 0.3) is 0 Å². The number of benzene rings is 1. The Labute approximate surface area is 122 Å². The number of ether oxygens (including phenoxy) is 1. The summed E-state index contributed by atoms with van der Waals surface area (Å²) in [5.41, 5.74) is 2.69. The zero-order valence-corrected chi connectivity index (χ0v) is 12.3. The van der Waals surface area contributed by atoms with Crippen LogP contribution in [0.5, 0.6) is 0 Å². The number of aromatic nitrogens is 1. The number of rotatable bonds is 6. The summed E-state index contributed by atoms with van der Waals surface area (Å²) < 4.78 is 4.78. The molecule has 0 aliphatic rings. The maximum absolute atomic E-state index is 11.4. The molecule has 0 spiro atoms. The van der Waals surface area contributed by atoms with Gasteiger partial charge >= 0.3 is 0 Å². The molecule has 2 rings (SSSR count). The SMILES string of the molecule is COCC(=O)Nc1cccc(NCc2csc(C)n2)c1. The first kappa shape index (κ1) is 14.5. The number of carbonyl (C=O) groups is 1. The molecular formula is C14H17N3O2S. The van der Waals surface area contributed by atoms with E-state index in [9.17, 15) is 4.79 Å². The van der Waals surface area contributed by atoms with E-state index in [1.807, 2.05) is 36.6 Å². The topological polar surface area (TPSA) is 63.2 Å². The average Bonchev–Trinajstić information content (AvgIpc) is 2.83. The summed E-state index contributed by atoms with van der Waals surface area (Å²) in [5.74, 6) is -0.167. The van der Waals surface area contributed by atoms with Crippen molar-refractivity contribution in [2.45, 2.75) is 13.5 Å². The Morgan fingerprint density at radius 1 is 1.40 bits per heavy atom. The number of hydrogen-bond acceptors (Lipinski definition) is 5. The second kappa shape index (κ2) is 7.02.